The zero-order valence-electron chi connectivity index (χ0n) is 9.14. The number of hydrogen-bond donors (Lipinski definition) is 2. The molecular formula is C12H15NO2S. The van der Waals surface area contributed by atoms with Crippen LogP contribution in [0, 0.1) is 6.92 Å². The molecule has 2 aromatic rings. The molecule has 3 nitrogen and oxygen atoms in total. The lowest BCUT2D eigenvalue weighted by Crippen LogP contribution is -2.23. The fraction of sp³-hybridized carbons (Fsp3) is 0.333. The Hall–Kier alpha value is -1.10. The van der Waals surface area contributed by atoms with E-state index in [1.165, 1.54) is 10.4 Å². The Labute approximate surface area is 98.7 Å². The van der Waals surface area contributed by atoms with Gasteiger partial charge in [0.25, 0.3) is 0 Å². The number of hydrogen-bond acceptors (Lipinski definition) is 4. The first-order chi connectivity index (χ1) is 7.81. The van der Waals surface area contributed by atoms with Gasteiger partial charge in [0, 0.05) is 4.88 Å². The highest BCUT2D eigenvalue weighted by molar-refractivity contribution is 7.10. The van der Waals surface area contributed by atoms with E-state index in [9.17, 15) is 5.11 Å². The van der Waals surface area contributed by atoms with E-state index in [1.807, 2.05) is 17.5 Å². The lowest BCUT2D eigenvalue weighted by molar-refractivity contribution is 0.242. The molecule has 4 heteroatoms. The van der Waals surface area contributed by atoms with E-state index in [4.69, 9.17) is 4.42 Å². The largest absolute Gasteiger partial charge is 0.468 e. The molecule has 16 heavy (non-hydrogen) atoms. The molecule has 0 saturated carbocycles. The van der Waals surface area contributed by atoms with Gasteiger partial charge in [-0.25, -0.2) is 0 Å². The number of nitrogens with one attached hydrogen (secondary N) is 1. The van der Waals surface area contributed by atoms with Gasteiger partial charge in [-0.1, -0.05) is 0 Å². The molecule has 0 aliphatic heterocycles. The van der Waals surface area contributed by atoms with Crippen LogP contribution in [-0.2, 0) is 6.54 Å². The van der Waals surface area contributed by atoms with Gasteiger partial charge in [0.05, 0.1) is 25.5 Å². The highest BCUT2D eigenvalue weighted by Crippen LogP contribution is 2.23. The minimum absolute atomic E-state index is 0.00917. The Kier molecular flexibility index (Phi) is 3.77. The third kappa shape index (κ3) is 2.52. The molecular weight excluding hydrogens is 222 g/mol. The number of aliphatic hydroxyl groups is 1. The smallest absolute Gasteiger partial charge is 0.117 e. The first-order valence-corrected chi connectivity index (χ1v) is 6.10. The van der Waals surface area contributed by atoms with E-state index in [0.717, 1.165) is 5.76 Å². The molecule has 0 saturated heterocycles. The van der Waals surface area contributed by atoms with Crippen molar-refractivity contribution in [3.63, 3.8) is 0 Å². The van der Waals surface area contributed by atoms with Crippen LogP contribution in [0.2, 0.25) is 0 Å². The Bertz CT molecular complexity index is 422. The Morgan fingerprint density at radius 1 is 1.50 bits per heavy atom. The van der Waals surface area contributed by atoms with E-state index in [1.54, 1.807) is 17.6 Å². The molecule has 0 bridgehead atoms. The van der Waals surface area contributed by atoms with Crippen LogP contribution in [0.25, 0.3) is 0 Å². The molecule has 1 unspecified atom stereocenters. The lowest BCUT2D eigenvalue weighted by Gasteiger charge is -2.14. The second kappa shape index (κ2) is 5.30. The van der Waals surface area contributed by atoms with Crippen LogP contribution < -0.4 is 5.32 Å². The summed E-state index contributed by atoms with van der Waals surface area (Å²) in [6, 6.07) is 5.84. The summed E-state index contributed by atoms with van der Waals surface area (Å²) in [7, 11) is 0. The molecule has 0 fully saturated rings. The summed E-state index contributed by atoms with van der Waals surface area (Å²) in [6.07, 6.45) is 1.65. The van der Waals surface area contributed by atoms with Crippen molar-refractivity contribution in [2.24, 2.45) is 0 Å². The molecule has 0 spiro atoms. The maximum absolute atomic E-state index is 9.36. The summed E-state index contributed by atoms with van der Waals surface area (Å²) in [5.41, 5.74) is 1.22. The van der Waals surface area contributed by atoms with Crippen LogP contribution in [0.3, 0.4) is 0 Å². The average molecular weight is 237 g/mol. The summed E-state index contributed by atoms with van der Waals surface area (Å²) in [4.78, 5) is 1.19. The van der Waals surface area contributed by atoms with Crippen LogP contribution >= 0.6 is 11.3 Å². The standard InChI is InChI=1S/C12H15NO2S/c1-9-4-6-16-12(9)11(8-14)13-7-10-3-2-5-15-10/h2-6,11,13-14H,7-8H2,1H3. The van der Waals surface area contributed by atoms with Crippen molar-refractivity contribution in [1.29, 1.82) is 0 Å². The monoisotopic (exact) mass is 237 g/mol. The molecule has 0 aromatic carbocycles. The molecule has 86 valence electrons. The molecule has 0 radical (unpaired) electrons. The van der Waals surface area contributed by atoms with Crippen LogP contribution in [-0.4, -0.2) is 11.7 Å². The Balaban J connectivity index is 1.99. The predicted octanol–water partition coefficient (Wildman–Crippen LogP) is 2.47. The van der Waals surface area contributed by atoms with Gasteiger partial charge in [0.1, 0.15) is 5.76 Å². The Morgan fingerprint density at radius 3 is 2.94 bits per heavy atom. The number of furan rings is 1. The van der Waals surface area contributed by atoms with Gasteiger partial charge >= 0.3 is 0 Å². The van der Waals surface area contributed by atoms with Crippen LogP contribution in [0.4, 0.5) is 0 Å². The van der Waals surface area contributed by atoms with E-state index in [2.05, 4.69) is 18.3 Å². The fourth-order valence-corrected chi connectivity index (χ4v) is 2.61. The topological polar surface area (TPSA) is 45.4 Å². The maximum atomic E-state index is 9.36. The molecule has 0 amide bonds. The van der Waals surface area contributed by atoms with E-state index >= 15 is 0 Å². The number of thiophene rings is 1. The van der Waals surface area contributed by atoms with Crippen LogP contribution in [0.1, 0.15) is 22.2 Å². The van der Waals surface area contributed by atoms with Crippen molar-refractivity contribution in [3.05, 3.63) is 46.0 Å². The lowest BCUT2D eigenvalue weighted by atomic mass is 10.2. The van der Waals surface area contributed by atoms with Gasteiger partial charge < -0.3 is 14.8 Å². The van der Waals surface area contributed by atoms with Crippen LogP contribution in [0.5, 0.6) is 0 Å². The summed E-state index contributed by atoms with van der Waals surface area (Å²) < 4.78 is 5.24. The van der Waals surface area contributed by atoms with Crippen molar-refractivity contribution in [2.45, 2.75) is 19.5 Å². The number of rotatable bonds is 5. The summed E-state index contributed by atoms with van der Waals surface area (Å²) in [5.74, 6) is 0.882. The van der Waals surface area contributed by atoms with Gasteiger partial charge in [-0.05, 0) is 36.1 Å². The third-order valence-electron chi connectivity index (χ3n) is 2.50. The van der Waals surface area contributed by atoms with E-state index < -0.39 is 0 Å². The first kappa shape index (κ1) is 11.4. The molecule has 2 heterocycles. The summed E-state index contributed by atoms with van der Waals surface area (Å²) in [6.45, 7) is 2.79. The van der Waals surface area contributed by atoms with Crippen molar-refractivity contribution in [1.82, 2.24) is 5.32 Å². The molecule has 2 aromatic heterocycles. The zero-order chi connectivity index (χ0) is 11.4. The second-order valence-electron chi connectivity index (χ2n) is 3.66. The molecule has 0 aliphatic rings. The average Bonchev–Trinajstić information content (AvgIpc) is 2.92. The Morgan fingerprint density at radius 2 is 2.38 bits per heavy atom. The summed E-state index contributed by atoms with van der Waals surface area (Å²) >= 11 is 1.67. The van der Waals surface area contributed by atoms with Gasteiger partial charge in [-0.15, -0.1) is 11.3 Å². The summed E-state index contributed by atoms with van der Waals surface area (Å²) in [5, 5.41) is 14.7. The van der Waals surface area contributed by atoms with Gasteiger partial charge in [-0.3, -0.25) is 0 Å². The predicted molar refractivity (Wildman–Crippen MR) is 64.4 cm³/mol. The maximum Gasteiger partial charge on any atom is 0.117 e. The van der Waals surface area contributed by atoms with Gasteiger partial charge in [0.15, 0.2) is 0 Å². The zero-order valence-corrected chi connectivity index (χ0v) is 9.96. The van der Waals surface area contributed by atoms with Crippen LogP contribution in [0.15, 0.2) is 34.3 Å². The van der Waals surface area contributed by atoms with Crippen molar-refractivity contribution < 1.29 is 9.52 Å². The molecule has 1 atom stereocenters. The minimum Gasteiger partial charge on any atom is -0.468 e. The van der Waals surface area contributed by atoms with Crippen molar-refractivity contribution >= 4 is 11.3 Å². The number of aliphatic hydroxyl groups excluding tert-OH is 1. The van der Waals surface area contributed by atoms with Crippen molar-refractivity contribution in [3.8, 4) is 0 Å². The SMILES string of the molecule is Cc1ccsc1C(CO)NCc1ccco1. The van der Waals surface area contributed by atoms with E-state index in [-0.39, 0.29) is 12.6 Å². The molecule has 0 aliphatic carbocycles. The molecule has 2 N–H and O–H groups in total. The number of aryl methyl sites for hydroxylation is 1. The van der Waals surface area contributed by atoms with E-state index in [0.29, 0.717) is 6.54 Å². The normalized spacial score (nSPS) is 12.9. The molecule has 2 rings (SSSR count). The van der Waals surface area contributed by atoms with Gasteiger partial charge in [-0.2, -0.15) is 0 Å². The minimum atomic E-state index is -0.00917. The van der Waals surface area contributed by atoms with Gasteiger partial charge in [0.2, 0.25) is 0 Å². The van der Waals surface area contributed by atoms with Crippen molar-refractivity contribution in [2.75, 3.05) is 6.61 Å². The highest BCUT2D eigenvalue weighted by Gasteiger charge is 2.13. The quantitative estimate of drug-likeness (QED) is 0.839. The highest BCUT2D eigenvalue weighted by atomic mass is 32.1. The fourth-order valence-electron chi connectivity index (χ4n) is 1.62. The first-order valence-electron chi connectivity index (χ1n) is 5.22. The second-order valence-corrected chi connectivity index (χ2v) is 4.61. The third-order valence-corrected chi connectivity index (χ3v) is 3.64.